The van der Waals surface area contributed by atoms with Gasteiger partial charge in [-0.15, -0.1) is 0 Å². The lowest BCUT2D eigenvalue weighted by atomic mass is 9.88. The van der Waals surface area contributed by atoms with Crippen LogP contribution in [0.15, 0.2) is 42.5 Å². The highest BCUT2D eigenvalue weighted by atomic mass is 16.5. The summed E-state index contributed by atoms with van der Waals surface area (Å²) < 4.78 is 11.6. The summed E-state index contributed by atoms with van der Waals surface area (Å²) in [6.07, 6.45) is 7.00. The molecular formula is C26H28N2O5. The first-order valence-electron chi connectivity index (χ1n) is 11.8. The van der Waals surface area contributed by atoms with Crippen LogP contribution in [0.3, 0.4) is 0 Å². The highest BCUT2D eigenvalue weighted by Gasteiger charge is 2.37. The molecule has 33 heavy (non-hydrogen) atoms. The van der Waals surface area contributed by atoms with Gasteiger partial charge >= 0.3 is 0 Å². The second kappa shape index (κ2) is 9.35. The van der Waals surface area contributed by atoms with Crippen molar-refractivity contribution in [1.82, 2.24) is 4.90 Å². The molecule has 2 fully saturated rings. The zero-order chi connectivity index (χ0) is 22.8. The molecule has 1 saturated carbocycles. The van der Waals surface area contributed by atoms with E-state index in [9.17, 15) is 14.4 Å². The zero-order valence-electron chi connectivity index (χ0n) is 18.5. The van der Waals surface area contributed by atoms with E-state index in [-0.39, 0.29) is 36.3 Å². The zero-order valence-corrected chi connectivity index (χ0v) is 18.5. The van der Waals surface area contributed by atoms with Crippen LogP contribution in [0, 0.1) is 5.92 Å². The van der Waals surface area contributed by atoms with E-state index in [1.807, 2.05) is 12.1 Å². The van der Waals surface area contributed by atoms with E-state index in [0.29, 0.717) is 34.9 Å². The maximum atomic E-state index is 12.9. The Balaban J connectivity index is 1.27. The van der Waals surface area contributed by atoms with Crippen molar-refractivity contribution in [3.8, 4) is 11.5 Å². The maximum Gasteiger partial charge on any atom is 0.261 e. The molecular weight excluding hydrogens is 420 g/mol. The number of rotatable bonds is 6. The van der Waals surface area contributed by atoms with Gasteiger partial charge in [-0.1, -0.05) is 25.3 Å². The predicted octanol–water partition coefficient (Wildman–Crippen LogP) is 4.77. The van der Waals surface area contributed by atoms with Crippen molar-refractivity contribution in [2.75, 3.05) is 18.5 Å². The number of hydrogen-bond acceptors (Lipinski definition) is 5. The summed E-state index contributed by atoms with van der Waals surface area (Å²) in [5.41, 5.74) is 1.41. The van der Waals surface area contributed by atoms with Gasteiger partial charge in [0.15, 0.2) is 0 Å². The first kappa shape index (κ1) is 21.6. The molecule has 0 spiro atoms. The molecule has 5 rings (SSSR count). The van der Waals surface area contributed by atoms with Gasteiger partial charge in [0.2, 0.25) is 5.91 Å². The van der Waals surface area contributed by atoms with Crippen LogP contribution in [0.25, 0.3) is 0 Å². The third-order valence-corrected chi connectivity index (χ3v) is 6.67. The van der Waals surface area contributed by atoms with Crippen LogP contribution in [0.5, 0.6) is 11.5 Å². The highest BCUT2D eigenvalue weighted by Crippen LogP contribution is 2.31. The summed E-state index contributed by atoms with van der Waals surface area (Å²) in [5.74, 6) is 0.531. The molecule has 1 aliphatic carbocycles. The molecule has 7 nitrogen and oxygen atoms in total. The Morgan fingerprint density at radius 2 is 1.73 bits per heavy atom. The number of carbonyl (C=O) groups excluding carboxylic acids is 3. The number of fused-ring (bicyclic) bond motifs is 1. The molecule has 3 amide bonds. The number of ether oxygens (including phenoxy) is 2. The Morgan fingerprint density at radius 3 is 2.52 bits per heavy atom. The second-order valence-corrected chi connectivity index (χ2v) is 9.02. The van der Waals surface area contributed by atoms with E-state index < -0.39 is 0 Å². The van der Waals surface area contributed by atoms with Gasteiger partial charge < -0.3 is 14.8 Å². The van der Waals surface area contributed by atoms with Crippen LogP contribution in [0.4, 0.5) is 5.69 Å². The Morgan fingerprint density at radius 1 is 0.939 bits per heavy atom. The minimum absolute atomic E-state index is 0.0554. The predicted molar refractivity (Wildman–Crippen MR) is 123 cm³/mol. The van der Waals surface area contributed by atoms with E-state index >= 15 is 0 Å². The number of carbonyl (C=O) groups is 3. The summed E-state index contributed by atoms with van der Waals surface area (Å²) in [6.45, 7) is 0.956. The molecule has 7 heteroatoms. The topological polar surface area (TPSA) is 84.9 Å². The quantitative estimate of drug-likeness (QED) is 0.644. The molecule has 1 N–H and O–H groups in total. The number of hydrogen-bond donors (Lipinski definition) is 1. The molecule has 3 aliphatic rings. The first-order valence-corrected chi connectivity index (χ1v) is 11.8. The summed E-state index contributed by atoms with van der Waals surface area (Å²) in [6, 6.07) is 12.1. The molecule has 1 atom stereocenters. The lowest BCUT2D eigenvalue weighted by Crippen LogP contribution is -2.36. The minimum Gasteiger partial charge on any atom is -0.457 e. The van der Waals surface area contributed by atoms with Crippen LogP contribution in [0.2, 0.25) is 0 Å². The van der Waals surface area contributed by atoms with Crippen molar-refractivity contribution in [2.24, 2.45) is 5.92 Å². The fourth-order valence-electron chi connectivity index (χ4n) is 4.87. The van der Waals surface area contributed by atoms with Crippen molar-refractivity contribution in [1.29, 1.82) is 0 Å². The molecule has 0 aromatic heterocycles. The van der Waals surface area contributed by atoms with Crippen molar-refractivity contribution in [3.05, 3.63) is 53.6 Å². The van der Waals surface area contributed by atoms with Crippen LogP contribution >= 0.6 is 0 Å². The van der Waals surface area contributed by atoms with Crippen molar-refractivity contribution in [3.63, 3.8) is 0 Å². The van der Waals surface area contributed by atoms with E-state index in [1.165, 1.54) is 11.3 Å². The smallest absolute Gasteiger partial charge is 0.261 e. The lowest BCUT2D eigenvalue weighted by Gasteiger charge is -2.20. The van der Waals surface area contributed by atoms with E-state index in [4.69, 9.17) is 9.47 Å². The van der Waals surface area contributed by atoms with Crippen molar-refractivity contribution in [2.45, 2.75) is 51.0 Å². The standard InChI is InChI=1S/C26H28N2O5/c29-24(17-6-2-1-3-7-17)27-18-8-4-9-19(14-18)33-20-11-12-22-23(15-20)26(31)28(25(22)30)16-21-10-5-13-32-21/h4,8-9,11-12,14-15,17,21H,1-3,5-7,10,13,16H2,(H,27,29). The molecule has 172 valence electrons. The molecule has 0 bridgehead atoms. The maximum absolute atomic E-state index is 12.9. The molecule has 2 aliphatic heterocycles. The molecule has 2 aromatic rings. The van der Waals surface area contributed by atoms with Gasteiger partial charge in [0, 0.05) is 24.3 Å². The molecule has 1 saturated heterocycles. The van der Waals surface area contributed by atoms with Crippen molar-refractivity contribution >= 4 is 23.4 Å². The third kappa shape index (κ3) is 4.64. The van der Waals surface area contributed by atoms with Gasteiger partial charge in [-0.05, 0) is 56.0 Å². The lowest BCUT2D eigenvalue weighted by molar-refractivity contribution is -0.120. The Labute approximate surface area is 193 Å². The minimum atomic E-state index is -0.315. The van der Waals surface area contributed by atoms with E-state index in [0.717, 1.165) is 38.5 Å². The van der Waals surface area contributed by atoms with Gasteiger partial charge in [0.1, 0.15) is 11.5 Å². The monoisotopic (exact) mass is 448 g/mol. The Kier molecular flexibility index (Phi) is 6.13. The summed E-state index contributed by atoms with van der Waals surface area (Å²) in [7, 11) is 0. The average molecular weight is 449 g/mol. The molecule has 2 heterocycles. The molecule has 0 radical (unpaired) electrons. The van der Waals surface area contributed by atoms with Gasteiger partial charge in [-0.3, -0.25) is 19.3 Å². The van der Waals surface area contributed by atoms with Crippen molar-refractivity contribution < 1.29 is 23.9 Å². The Bertz CT molecular complexity index is 1070. The van der Waals surface area contributed by atoms with Crippen LogP contribution in [-0.2, 0) is 9.53 Å². The molecule has 2 aromatic carbocycles. The number of nitrogens with zero attached hydrogens (tertiary/aromatic N) is 1. The van der Waals surface area contributed by atoms with Crippen LogP contribution < -0.4 is 10.1 Å². The average Bonchev–Trinajstić information content (AvgIpc) is 3.43. The third-order valence-electron chi connectivity index (χ3n) is 6.67. The largest absolute Gasteiger partial charge is 0.457 e. The fourth-order valence-corrected chi connectivity index (χ4v) is 4.87. The SMILES string of the molecule is O=C(Nc1cccc(Oc2ccc3c(c2)C(=O)N(CC2CCCO2)C3=O)c1)C1CCCCC1. The van der Waals surface area contributed by atoms with Gasteiger partial charge in [-0.25, -0.2) is 0 Å². The van der Waals surface area contributed by atoms with Crippen LogP contribution in [-0.4, -0.2) is 41.9 Å². The summed E-state index contributed by atoms with van der Waals surface area (Å²) in [5, 5.41) is 3.00. The van der Waals surface area contributed by atoms with Gasteiger partial charge in [0.05, 0.1) is 23.8 Å². The Hall–Kier alpha value is -3.19. The number of benzene rings is 2. The fraction of sp³-hybridized carbons (Fsp3) is 0.423. The number of anilines is 1. The first-order chi connectivity index (χ1) is 16.1. The van der Waals surface area contributed by atoms with Gasteiger partial charge in [-0.2, -0.15) is 0 Å². The van der Waals surface area contributed by atoms with Gasteiger partial charge in [0.25, 0.3) is 11.8 Å². The second-order valence-electron chi connectivity index (χ2n) is 9.02. The number of nitrogens with one attached hydrogen (secondary N) is 1. The summed E-state index contributed by atoms with van der Waals surface area (Å²) in [4.78, 5) is 39.4. The highest BCUT2D eigenvalue weighted by molar-refractivity contribution is 6.21. The van der Waals surface area contributed by atoms with E-state index in [2.05, 4.69) is 5.32 Å². The van der Waals surface area contributed by atoms with Crippen LogP contribution in [0.1, 0.15) is 65.7 Å². The molecule has 1 unspecified atom stereocenters. The number of amides is 3. The van der Waals surface area contributed by atoms with E-state index in [1.54, 1.807) is 30.3 Å². The summed E-state index contributed by atoms with van der Waals surface area (Å²) >= 11 is 0. The number of imide groups is 1. The normalized spacial score (nSPS) is 20.7.